The highest BCUT2D eigenvalue weighted by Gasteiger charge is 2.40. The Labute approximate surface area is 186 Å². The maximum absolute atomic E-state index is 12.9. The summed E-state index contributed by atoms with van der Waals surface area (Å²) in [6.07, 6.45) is 4.11. The van der Waals surface area contributed by atoms with E-state index < -0.39 is 5.25 Å². The number of piperidine rings is 1. The summed E-state index contributed by atoms with van der Waals surface area (Å²) >= 11 is 1.09. The van der Waals surface area contributed by atoms with Crippen LogP contribution in [0.1, 0.15) is 40.7 Å². The highest BCUT2D eigenvalue weighted by atomic mass is 32.2. The molecule has 1 aliphatic carbocycles. The molecular weight excluding hydrogens is 406 g/mol. The van der Waals surface area contributed by atoms with E-state index in [1.807, 2.05) is 25.1 Å². The SMILES string of the molecule is CC(SC(=O)c1ccccc1)C(=O)NC1CC2c3cccc4[nH]cc(c34)CC2N(C)C1. The van der Waals surface area contributed by atoms with Gasteiger partial charge in [0.25, 0.3) is 0 Å². The lowest BCUT2D eigenvalue weighted by Gasteiger charge is -2.45. The van der Waals surface area contributed by atoms with E-state index in [0.29, 0.717) is 17.5 Å². The first-order chi connectivity index (χ1) is 15.0. The maximum atomic E-state index is 12.9. The number of benzene rings is 2. The molecule has 31 heavy (non-hydrogen) atoms. The van der Waals surface area contributed by atoms with Crippen molar-refractivity contribution >= 4 is 33.7 Å². The van der Waals surface area contributed by atoms with E-state index in [9.17, 15) is 9.59 Å². The van der Waals surface area contributed by atoms with Crippen molar-refractivity contribution in [2.24, 2.45) is 0 Å². The third kappa shape index (κ3) is 3.79. The molecule has 2 heterocycles. The Bertz CT molecular complexity index is 1130. The van der Waals surface area contributed by atoms with Gasteiger partial charge < -0.3 is 15.2 Å². The van der Waals surface area contributed by atoms with Crippen molar-refractivity contribution in [1.82, 2.24) is 15.2 Å². The fourth-order valence-electron chi connectivity index (χ4n) is 5.22. The Morgan fingerprint density at radius 2 is 1.97 bits per heavy atom. The summed E-state index contributed by atoms with van der Waals surface area (Å²) < 4.78 is 0. The van der Waals surface area contributed by atoms with Crippen molar-refractivity contribution in [3.8, 4) is 0 Å². The zero-order valence-corrected chi connectivity index (χ0v) is 18.6. The monoisotopic (exact) mass is 433 g/mol. The number of nitrogens with one attached hydrogen (secondary N) is 2. The van der Waals surface area contributed by atoms with Gasteiger partial charge in [-0.2, -0.15) is 0 Å². The fraction of sp³-hybridized carbons (Fsp3) is 0.360. The normalized spacial score (nSPS) is 23.9. The molecule has 5 nitrogen and oxygen atoms in total. The van der Waals surface area contributed by atoms with Crippen LogP contribution in [-0.2, 0) is 11.2 Å². The van der Waals surface area contributed by atoms with Crippen LogP contribution in [-0.4, -0.2) is 51.8 Å². The van der Waals surface area contributed by atoms with E-state index in [0.717, 1.165) is 31.1 Å². The Balaban J connectivity index is 1.28. The van der Waals surface area contributed by atoms with Gasteiger partial charge in [0.15, 0.2) is 0 Å². The number of fused-ring (bicyclic) bond motifs is 2. The number of carbonyl (C=O) groups excluding carboxylic acids is 2. The van der Waals surface area contributed by atoms with Crippen LogP contribution in [0.25, 0.3) is 10.9 Å². The predicted octanol–water partition coefficient (Wildman–Crippen LogP) is 3.96. The number of likely N-dealkylation sites (N-methyl/N-ethyl adjacent to an activating group) is 1. The van der Waals surface area contributed by atoms with Gasteiger partial charge in [-0.25, -0.2) is 0 Å². The van der Waals surface area contributed by atoms with Crippen LogP contribution in [0.5, 0.6) is 0 Å². The third-order valence-corrected chi connectivity index (χ3v) is 7.75. The number of nitrogens with zero attached hydrogens (tertiary/aromatic N) is 1. The molecule has 2 aromatic carbocycles. The zero-order chi connectivity index (χ0) is 21.5. The van der Waals surface area contributed by atoms with Gasteiger partial charge in [-0.05, 0) is 44.0 Å². The molecule has 0 spiro atoms. The second-order valence-corrected chi connectivity index (χ2v) is 10.1. The second-order valence-electron chi connectivity index (χ2n) is 8.76. The smallest absolute Gasteiger partial charge is 0.233 e. The van der Waals surface area contributed by atoms with Gasteiger partial charge in [0.1, 0.15) is 0 Å². The number of aromatic amines is 1. The van der Waals surface area contributed by atoms with Crippen LogP contribution < -0.4 is 5.32 Å². The Hall–Kier alpha value is -2.57. The van der Waals surface area contributed by atoms with Gasteiger partial charge >= 0.3 is 0 Å². The second kappa shape index (κ2) is 8.17. The van der Waals surface area contributed by atoms with Gasteiger partial charge in [-0.15, -0.1) is 0 Å². The van der Waals surface area contributed by atoms with Crippen LogP contribution in [0, 0.1) is 0 Å². The molecule has 1 aromatic heterocycles. The molecular formula is C25H27N3O2S. The van der Waals surface area contributed by atoms with E-state index in [1.54, 1.807) is 12.1 Å². The van der Waals surface area contributed by atoms with Crippen molar-refractivity contribution in [3.63, 3.8) is 0 Å². The highest BCUT2D eigenvalue weighted by Crippen LogP contribution is 2.43. The van der Waals surface area contributed by atoms with Crippen molar-refractivity contribution in [2.45, 2.75) is 43.0 Å². The molecule has 4 unspecified atom stereocenters. The number of thioether (sulfide) groups is 1. The first-order valence-electron chi connectivity index (χ1n) is 10.9. The summed E-state index contributed by atoms with van der Waals surface area (Å²) in [5.74, 6) is 0.326. The summed E-state index contributed by atoms with van der Waals surface area (Å²) in [4.78, 5) is 31.1. The minimum atomic E-state index is -0.429. The summed E-state index contributed by atoms with van der Waals surface area (Å²) in [6, 6.07) is 16.2. The standard InChI is InChI=1S/C25H27N3O2S/c1-15(31-25(30)16-7-4-3-5-8-16)24(29)27-18-12-20-19-9-6-10-21-23(19)17(13-26-21)11-22(20)28(2)14-18/h3-10,13,15,18,20,22,26H,11-12,14H2,1-2H3,(H,27,29). The van der Waals surface area contributed by atoms with Gasteiger partial charge in [0.2, 0.25) is 11.0 Å². The molecule has 0 radical (unpaired) electrons. The number of aromatic nitrogens is 1. The minimum absolute atomic E-state index is 0.0666. The van der Waals surface area contributed by atoms with Gasteiger partial charge in [0.05, 0.1) is 5.25 Å². The Kier molecular flexibility index (Phi) is 5.36. The van der Waals surface area contributed by atoms with Crippen molar-refractivity contribution in [1.29, 1.82) is 0 Å². The molecule has 1 saturated heterocycles. The lowest BCUT2D eigenvalue weighted by molar-refractivity contribution is -0.121. The first-order valence-corrected chi connectivity index (χ1v) is 11.7. The van der Waals surface area contributed by atoms with Crippen molar-refractivity contribution in [2.75, 3.05) is 13.6 Å². The minimum Gasteiger partial charge on any atom is -0.361 e. The average Bonchev–Trinajstić information content (AvgIpc) is 3.19. The summed E-state index contributed by atoms with van der Waals surface area (Å²) in [7, 11) is 2.16. The molecule has 160 valence electrons. The molecule has 2 N–H and O–H groups in total. The number of hydrogen-bond acceptors (Lipinski definition) is 4. The van der Waals surface area contributed by atoms with E-state index in [1.165, 1.54) is 22.0 Å². The van der Waals surface area contributed by atoms with Crippen molar-refractivity contribution in [3.05, 3.63) is 71.4 Å². The molecule has 1 aliphatic heterocycles. The Morgan fingerprint density at radius 3 is 2.77 bits per heavy atom. The van der Waals surface area contributed by atoms with E-state index in [2.05, 4.69) is 46.6 Å². The van der Waals surface area contributed by atoms with Gasteiger partial charge in [0, 0.05) is 47.2 Å². The molecule has 0 bridgehead atoms. The third-order valence-electron chi connectivity index (χ3n) is 6.73. The van der Waals surface area contributed by atoms with E-state index >= 15 is 0 Å². The summed E-state index contributed by atoms with van der Waals surface area (Å²) in [6.45, 7) is 2.64. The molecule has 1 amide bonds. The lowest BCUT2D eigenvalue weighted by atomic mass is 9.74. The van der Waals surface area contributed by atoms with Crippen LogP contribution in [0.15, 0.2) is 54.7 Å². The number of amides is 1. The number of hydrogen-bond donors (Lipinski definition) is 2. The largest absolute Gasteiger partial charge is 0.361 e. The maximum Gasteiger partial charge on any atom is 0.233 e. The lowest BCUT2D eigenvalue weighted by Crippen LogP contribution is -2.55. The predicted molar refractivity (Wildman–Crippen MR) is 126 cm³/mol. The number of H-pyrrole nitrogens is 1. The van der Waals surface area contributed by atoms with E-state index in [-0.39, 0.29) is 17.1 Å². The summed E-state index contributed by atoms with van der Waals surface area (Å²) in [5.41, 5.74) is 4.61. The number of likely N-dealkylation sites (tertiary alicyclic amines) is 1. The van der Waals surface area contributed by atoms with Crippen LogP contribution >= 0.6 is 11.8 Å². The molecule has 0 saturated carbocycles. The molecule has 3 aromatic rings. The quantitative estimate of drug-likeness (QED) is 0.654. The first kappa shape index (κ1) is 20.3. The van der Waals surface area contributed by atoms with Crippen LogP contribution in [0.4, 0.5) is 0 Å². The highest BCUT2D eigenvalue weighted by molar-refractivity contribution is 8.15. The molecule has 6 heteroatoms. The topological polar surface area (TPSA) is 65.2 Å². The van der Waals surface area contributed by atoms with Crippen LogP contribution in [0.3, 0.4) is 0 Å². The van der Waals surface area contributed by atoms with Crippen molar-refractivity contribution < 1.29 is 9.59 Å². The molecule has 1 fully saturated rings. The summed E-state index contributed by atoms with van der Waals surface area (Å²) in [5, 5.41) is 4.09. The van der Waals surface area contributed by atoms with E-state index in [4.69, 9.17) is 0 Å². The fourth-order valence-corrected chi connectivity index (χ4v) is 5.99. The molecule has 2 aliphatic rings. The van der Waals surface area contributed by atoms with Gasteiger partial charge in [-0.1, -0.05) is 54.2 Å². The Morgan fingerprint density at radius 1 is 1.16 bits per heavy atom. The molecule has 5 rings (SSSR count). The number of rotatable bonds is 4. The van der Waals surface area contributed by atoms with Gasteiger partial charge in [-0.3, -0.25) is 9.59 Å². The van der Waals surface area contributed by atoms with Crippen LogP contribution in [0.2, 0.25) is 0 Å². The zero-order valence-electron chi connectivity index (χ0n) is 17.8. The molecule has 4 atom stereocenters. The average molecular weight is 434 g/mol. The number of carbonyl (C=O) groups is 2.